The number of hydrogen-bond acceptors (Lipinski definition) is 8. The summed E-state index contributed by atoms with van der Waals surface area (Å²) in [6, 6.07) is 4.26. The lowest BCUT2D eigenvalue weighted by atomic mass is 9.77. The lowest BCUT2D eigenvalue weighted by molar-refractivity contribution is -0.384. The molecule has 28 heavy (non-hydrogen) atoms. The molecular formula is C19H25N3O6. The van der Waals surface area contributed by atoms with Gasteiger partial charge in [-0.05, 0) is 6.07 Å². The van der Waals surface area contributed by atoms with Crippen molar-refractivity contribution in [3.8, 4) is 5.75 Å². The minimum Gasteiger partial charge on any atom is -0.492 e. The van der Waals surface area contributed by atoms with Gasteiger partial charge in [-0.1, -0.05) is 0 Å². The van der Waals surface area contributed by atoms with Gasteiger partial charge in [0.2, 0.25) is 0 Å². The van der Waals surface area contributed by atoms with Crippen LogP contribution in [0.4, 0.5) is 5.69 Å². The highest BCUT2D eigenvalue weighted by Gasteiger charge is 2.47. The first-order valence-electron chi connectivity index (χ1n) is 9.64. The number of fused-ring (bicyclic) bond motifs is 1. The molecule has 0 aromatic heterocycles. The molecule has 4 rings (SSSR count). The van der Waals surface area contributed by atoms with E-state index in [2.05, 4.69) is 9.80 Å². The second-order valence-electron chi connectivity index (χ2n) is 7.61. The topological polar surface area (TPSA) is 94.4 Å². The third-order valence-corrected chi connectivity index (χ3v) is 5.66. The first kappa shape index (κ1) is 19.3. The third-order valence-electron chi connectivity index (χ3n) is 5.66. The predicted molar refractivity (Wildman–Crippen MR) is 99.9 cm³/mol. The highest BCUT2D eigenvalue weighted by Crippen LogP contribution is 2.38. The Kier molecular flexibility index (Phi) is 5.58. The van der Waals surface area contributed by atoms with Crippen LogP contribution < -0.4 is 4.74 Å². The number of ether oxygens (including phenoxy) is 3. The number of non-ortho nitro benzene ring substituents is 1. The number of benzene rings is 1. The molecule has 0 radical (unpaired) electrons. The van der Waals surface area contributed by atoms with Crippen molar-refractivity contribution in [2.24, 2.45) is 5.41 Å². The zero-order valence-electron chi connectivity index (χ0n) is 15.8. The molecule has 0 atom stereocenters. The molecular weight excluding hydrogens is 366 g/mol. The van der Waals surface area contributed by atoms with Gasteiger partial charge < -0.3 is 14.2 Å². The molecule has 0 bridgehead atoms. The molecule has 0 amide bonds. The molecule has 3 aliphatic heterocycles. The van der Waals surface area contributed by atoms with Gasteiger partial charge in [0.05, 0.1) is 42.3 Å². The first-order valence-corrected chi connectivity index (χ1v) is 9.64. The maximum Gasteiger partial charge on any atom is 0.270 e. The van der Waals surface area contributed by atoms with E-state index in [1.54, 1.807) is 0 Å². The van der Waals surface area contributed by atoms with Crippen molar-refractivity contribution in [2.75, 3.05) is 72.3 Å². The maximum atomic E-state index is 13.6. The number of hydrogen-bond donors (Lipinski definition) is 0. The fourth-order valence-electron chi connectivity index (χ4n) is 4.16. The van der Waals surface area contributed by atoms with Crippen LogP contribution in [0.1, 0.15) is 10.4 Å². The Hall–Kier alpha value is -2.07. The van der Waals surface area contributed by atoms with Gasteiger partial charge in [0.25, 0.3) is 5.69 Å². The molecule has 9 heteroatoms. The van der Waals surface area contributed by atoms with Crippen molar-refractivity contribution in [1.82, 2.24) is 9.80 Å². The fraction of sp³-hybridized carbons (Fsp3) is 0.632. The second kappa shape index (κ2) is 8.12. The summed E-state index contributed by atoms with van der Waals surface area (Å²) in [5, 5.41) is 11.2. The summed E-state index contributed by atoms with van der Waals surface area (Å²) in [7, 11) is 0. The lowest BCUT2D eigenvalue weighted by Crippen LogP contribution is -2.57. The van der Waals surface area contributed by atoms with Crippen LogP contribution in [0.2, 0.25) is 0 Å². The predicted octanol–water partition coefficient (Wildman–Crippen LogP) is 0.821. The van der Waals surface area contributed by atoms with Crippen molar-refractivity contribution in [1.29, 1.82) is 0 Å². The zero-order chi connectivity index (χ0) is 19.6. The summed E-state index contributed by atoms with van der Waals surface area (Å²) in [4.78, 5) is 28.8. The summed E-state index contributed by atoms with van der Waals surface area (Å²) in [5.41, 5.74) is -0.553. The molecule has 1 aromatic rings. The highest BCUT2D eigenvalue weighted by molar-refractivity contribution is 6.04. The van der Waals surface area contributed by atoms with Gasteiger partial charge in [0, 0.05) is 51.4 Å². The van der Waals surface area contributed by atoms with Crippen LogP contribution in [0.15, 0.2) is 18.2 Å². The van der Waals surface area contributed by atoms with E-state index in [-0.39, 0.29) is 18.1 Å². The van der Waals surface area contributed by atoms with Crippen molar-refractivity contribution in [2.45, 2.75) is 0 Å². The van der Waals surface area contributed by atoms with Gasteiger partial charge in [-0.15, -0.1) is 0 Å². The molecule has 0 N–H and O–H groups in total. The van der Waals surface area contributed by atoms with Gasteiger partial charge in [0.15, 0.2) is 5.78 Å². The van der Waals surface area contributed by atoms with Crippen LogP contribution in [0.25, 0.3) is 0 Å². The Bertz CT molecular complexity index is 723. The second-order valence-corrected chi connectivity index (χ2v) is 7.61. The Morgan fingerprint density at radius 3 is 2.11 bits per heavy atom. The summed E-state index contributed by atoms with van der Waals surface area (Å²) in [6.45, 7) is 7.00. The van der Waals surface area contributed by atoms with Crippen LogP contribution >= 0.6 is 0 Å². The lowest BCUT2D eigenvalue weighted by Gasteiger charge is -2.44. The number of nitro benzene ring substituents is 1. The van der Waals surface area contributed by atoms with E-state index in [0.717, 1.165) is 26.2 Å². The Balaban J connectivity index is 1.64. The molecule has 1 aromatic carbocycles. The van der Waals surface area contributed by atoms with Crippen molar-refractivity contribution in [3.63, 3.8) is 0 Å². The highest BCUT2D eigenvalue weighted by atomic mass is 16.6. The normalized spacial score (nSPS) is 23.1. The van der Waals surface area contributed by atoms with Crippen molar-refractivity contribution < 1.29 is 23.9 Å². The summed E-state index contributed by atoms with van der Waals surface area (Å²) < 4.78 is 16.8. The average Bonchev–Trinajstić information content (AvgIpc) is 2.72. The largest absolute Gasteiger partial charge is 0.492 e. The molecule has 2 saturated heterocycles. The molecule has 152 valence electrons. The molecule has 2 fully saturated rings. The van der Waals surface area contributed by atoms with E-state index in [9.17, 15) is 14.9 Å². The molecule has 9 nitrogen and oxygen atoms in total. The van der Waals surface area contributed by atoms with Crippen LogP contribution in [0.3, 0.4) is 0 Å². The number of Topliss-reactive ketones (excluding diaryl/α,β-unsaturated/α-hetero) is 1. The molecule has 3 aliphatic rings. The minimum absolute atomic E-state index is 0.0737. The SMILES string of the molecule is O=C1c2cc([N+](=O)[O-])ccc2OCC1(CN1CCOCC1)CN1CCOCC1. The molecule has 0 saturated carbocycles. The number of morpholine rings is 2. The summed E-state index contributed by atoms with van der Waals surface area (Å²) in [6.07, 6.45) is 0. The van der Waals surface area contributed by atoms with E-state index in [1.165, 1.54) is 18.2 Å². The minimum atomic E-state index is -0.767. The van der Waals surface area contributed by atoms with Crippen LogP contribution in [-0.2, 0) is 9.47 Å². The van der Waals surface area contributed by atoms with Crippen molar-refractivity contribution >= 4 is 11.5 Å². The molecule has 3 heterocycles. The summed E-state index contributed by atoms with van der Waals surface area (Å²) >= 11 is 0. The standard InChI is InChI=1S/C19H25N3O6/c23-18-16-11-15(22(24)25)1-2-17(16)28-14-19(18,12-20-3-7-26-8-4-20)13-21-5-9-27-10-6-21/h1-2,11H,3-10,12-14H2. The maximum absolute atomic E-state index is 13.6. The molecule has 0 aliphatic carbocycles. The monoisotopic (exact) mass is 391 g/mol. The summed E-state index contributed by atoms with van der Waals surface area (Å²) in [5.74, 6) is 0.352. The quantitative estimate of drug-likeness (QED) is 0.538. The van der Waals surface area contributed by atoms with Crippen molar-refractivity contribution in [3.05, 3.63) is 33.9 Å². The number of nitrogens with zero attached hydrogens (tertiary/aromatic N) is 3. The fourth-order valence-corrected chi connectivity index (χ4v) is 4.16. The van der Waals surface area contributed by atoms with Crippen LogP contribution in [-0.4, -0.2) is 92.8 Å². The van der Waals surface area contributed by atoms with Gasteiger partial charge in [-0.3, -0.25) is 24.7 Å². The first-order chi connectivity index (χ1) is 13.6. The number of carbonyl (C=O) groups is 1. The Labute approximate surface area is 163 Å². The average molecular weight is 391 g/mol. The van der Waals surface area contributed by atoms with E-state index in [4.69, 9.17) is 14.2 Å². The Morgan fingerprint density at radius 1 is 1.00 bits per heavy atom. The van der Waals surface area contributed by atoms with Gasteiger partial charge in [0.1, 0.15) is 12.4 Å². The number of ketones is 1. The van der Waals surface area contributed by atoms with Gasteiger partial charge >= 0.3 is 0 Å². The van der Waals surface area contributed by atoms with Gasteiger partial charge in [-0.25, -0.2) is 0 Å². The van der Waals surface area contributed by atoms with Crippen LogP contribution in [0.5, 0.6) is 5.75 Å². The van der Waals surface area contributed by atoms with E-state index in [0.29, 0.717) is 50.8 Å². The number of carbonyl (C=O) groups excluding carboxylic acids is 1. The van der Waals surface area contributed by atoms with E-state index in [1.807, 2.05) is 0 Å². The Morgan fingerprint density at radius 2 is 1.57 bits per heavy atom. The number of rotatable bonds is 5. The smallest absolute Gasteiger partial charge is 0.270 e. The molecule has 0 spiro atoms. The molecule has 0 unspecified atom stereocenters. The third kappa shape index (κ3) is 3.88. The van der Waals surface area contributed by atoms with E-state index >= 15 is 0 Å². The van der Waals surface area contributed by atoms with E-state index < -0.39 is 10.3 Å². The zero-order valence-corrected chi connectivity index (χ0v) is 15.8. The van der Waals surface area contributed by atoms with Gasteiger partial charge in [-0.2, -0.15) is 0 Å². The number of nitro groups is 1. The van der Waals surface area contributed by atoms with Crippen LogP contribution in [0, 0.1) is 15.5 Å².